The van der Waals surface area contributed by atoms with Crippen LogP contribution < -0.4 is 10.1 Å². The molecular weight excluding hydrogens is 354 g/mol. The van der Waals surface area contributed by atoms with E-state index in [9.17, 15) is 14.7 Å². The van der Waals surface area contributed by atoms with Crippen LogP contribution in [0.15, 0.2) is 61.2 Å². The third-order valence-electron chi connectivity index (χ3n) is 3.63. The van der Waals surface area contributed by atoms with Crippen molar-refractivity contribution in [1.82, 2.24) is 5.32 Å². The second-order valence-corrected chi connectivity index (χ2v) is 6.10. The van der Waals surface area contributed by atoms with Crippen LogP contribution in [0.3, 0.4) is 0 Å². The number of halogens is 1. The third kappa shape index (κ3) is 5.93. The molecule has 26 heavy (non-hydrogen) atoms. The molecule has 0 radical (unpaired) electrons. The van der Waals surface area contributed by atoms with E-state index in [1.165, 1.54) is 0 Å². The number of benzene rings is 2. The summed E-state index contributed by atoms with van der Waals surface area (Å²) in [6.07, 6.45) is 1.85. The predicted octanol–water partition coefficient (Wildman–Crippen LogP) is 3.26. The van der Waals surface area contributed by atoms with E-state index in [0.717, 1.165) is 5.56 Å². The zero-order valence-electron chi connectivity index (χ0n) is 14.2. The normalized spacial score (nSPS) is 11.4. The molecule has 2 aromatic carbocycles. The Balaban J connectivity index is 2.01. The van der Waals surface area contributed by atoms with Crippen LogP contribution in [0.2, 0.25) is 5.02 Å². The highest BCUT2D eigenvalue weighted by Gasteiger charge is 2.21. The number of amides is 1. The van der Waals surface area contributed by atoms with Gasteiger partial charge in [0.1, 0.15) is 18.4 Å². The van der Waals surface area contributed by atoms with Gasteiger partial charge in [0.25, 0.3) is 0 Å². The van der Waals surface area contributed by atoms with Gasteiger partial charge in [-0.1, -0.05) is 60.7 Å². The number of nitrogens with one attached hydrogen (secondary N) is 1. The van der Waals surface area contributed by atoms with Crippen molar-refractivity contribution in [3.8, 4) is 5.75 Å². The van der Waals surface area contributed by atoms with Crippen molar-refractivity contribution in [2.24, 2.45) is 0 Å². The van der Waals surface area contributed by atoms with Gasteiger partial charge < -0.3 is 15.2 Å². The summed E-state index contributed by atoms with van der Waals surface area (Å²) in [6, 6.07) is 13.1. The lowest BCUT2D eigenvalue weighted by Gasteiger charge is -2.15. The SMILES string of the molecule is C=CCOc1ccc(CC(NC(=O)Cc2ccccc2)C(=O)O)cc1Cl. The molecule has 2 rings (SSSR count). The quantitative estimate of drug-likeness (QED) is 0.661. The highest BCUT2D eigenvalue weighted by atomic mass is 35.5. The van der Waals surface area contributed by atoms with E-state index >= 15 is 0 Å². The number of carbonyl (C=O) groups excluding carboxylic acids is 1. The smallest absolute Gasteiger partial charge is 0.326 e. The Morgan fingerprint density at radius 3 is 2.54 bits per heavy atom. The number of hydrogen-bond donors (Lipinski definition) is 2. The average Bonchev–Trinajstić information content (AvgIpc) is 2.61. The van der Waals surface area contributed by atoms with Crippen molar-refractivity contribution in [2.45, 2.75) is 18.9 Å². The van der Waals surface area contributed by atoms with Gasteiger partial charge >= 0.3 is 5.97 Å². The third-order valence-corrected chi connectivity index (χ3v) is 3.93. The van der Waals surface area contributed by atoms with Crippen LogP contribution >= 0.6 is 11.6 Å². The molecule has 0 aromatic heterocycles. The fourth-order valence-corrected chi connectivity index (χ4v) is 2.66. The molecule has 0 bridgehead atoms. The van der Waals surface area contributed by atoms with E-state index in [0.29, 0.717) is 22.9 Å². The first-order valence-electron chi connectivity index (χ1n) is 8.08. The maximum atomic E-state index is 12.1. The first-order valence-corrected chi connectivity index (χ1v) is 8.45. The van der Waals surface area contributed by atoms with Crippen molar-refractivity contribution in [3.63, 3.8) is 0 Å². The Morgan fingerprint density at radius 2 is 1.92 bits per heavy atom. The molecule has 0 spiro atoms. The highest BCUT2D eigenvalue weighted by molar-refractivity contribution is 6.32. The number of carboxylic acid groups (broad SMARTS) is 1. The van der Waals surface area contributed by atoms with Crippen LogP contribution in [0.5, 0.6) is 5.75 Å². The molecule has 2 N–H and O–H groups in total. The van der Waals surface area contributed by atoms with Crippen LogP contribution in [0.1, 0.15) is 11.1 Å². The number of hydrogen-bond acceptors (Lipinski definition) is 3. The molecule has 1 unspecified atom stereocenters. The number of carboxylic acids is 1. The summed E-state index contributed by atoms with van der Waals surface area (Å²) in [4.78, 5) is 23.6. The van der Waals surface area contributed by atoms with Crippen molar-refractivity contribution < 1.29 is 19.4 Å². The van der Waals surface area contributed by atoms with Gasteiger partial charge in [-0.25, -0.2) is 4.79 Å². The van der Waals surface area contributed by atoms with Gasteiger partial charge in [-0.15, -0.1) is 0 Å². The van der Waals surface area contributed by atoms with E-state index in [1.54, 1.807) is 24.3 Å². The van der Waals surface area contributed by atoms with Crippen molar-refractivity contribution in [3.05, 3.63) is 77.3 Å². The van der Waals surface area contributed by atoms with E-state index < -0.39 is 12.0 Å². The molecule has 0 aliphatic carbocycles. The van der Waals surface area contributed by atoms with Crippen LogP contribution in [-0.4, -0.2) is 29.6 Å². The van der Waals surface area contributed by atoms with Crippen LogP contribution in [0.4, 0.5) is 0 Å². The van der Waals surface area contributed by atoms with Crippen LogP contribution in [0, 0.1) is 0 Å². The molecule has 0 saturated heterocycles. The lowest BCUT2D eigenvalue weighted by molar-refractivity contribution is -0.141. The van der Waals surface area contributed by atoms with Gasteiger partial charge in [-0.3, -0.25) is 4.79 Å². The maximum absolute atomic E-state index is 12.1. The van der Waals surface area contributed by atoms with Gasteiger partial charge in [-0.05, 0) is 23.3 Å². The van der Waals surface area contributed by atoms with E-state index in [2.05, 4.69) is 11.9 Å². The minimum absolute atomic E-state index is 0.122. The predicted molar refractivity (Wildman–Crippen MR) is 101 cm³/mol. The topological polar surface area (TPSA) is 75.6 Å². The molecule has 2 aromatic rings. The molecule has 6 heteroatoms. The largest absolute Gasteiger partial charge is 0.488 e. The fourth-order valence-electron chi connectivity index (χ4n) is 2.40. The Morgan fingerprint density at radius 1 is 1.19 bits per heavy atom. The summed E-state index contributed by atoms with van der Waals surface area (Å²) in [7, 11) is 0. The van der Waals surface area contributed by atoms with Gasteiger partial charge in [0.15, 0.2) is 0 Å². The Hall–Kier alpha value is -2.79. The first kappa shape index (κ1) is 19.5. The van der Waals surface area contributed by atoms with E-state index in [-0.39, 0.29) is 18.7 Å². The highest BCUT2D eigenvalue weighted by Crippen LogP contribution is 2.26. The molecular formula is C20H20ClNO4. The van der Waals surface area contributed by atoms with Crippen LogP contribution in [0.25, 0.3) is 0 Å². The second-order valence-electron chi connectivity index (χ2n) is 5.69. The average molecular weight is 374 g/mol. The minimum Gasteiger partial charge on any atom is -0.488 e. The summed E-state index contributed by atoms with van der Waals surface area (Å²) in [5.74, 6) is -0.953. The number of carbonyl (C=O) groups is 2. The standard InChI is InChI=1S/C20H20ClNO4/c1-2-10-26-18-9-8-15(11-16(18)21)12-17(20(24)25)22-19(23)13-14-6-4-3-5-7-14/h2-9,11,17H,1,10,12-13H2,(H,22,23)(H,24,25). The lowest BCUT2D eigenvalue weighted by atomic mass is 10.0. The number of rotatable bonds is 9. The fraction of sp³-hybridized carbons (Fsp3) is 0.200. The van der Waals surface area contributed by atoms with Gasteiger partial charge in [0.05, 0.1) is 11.4 Å². The van der Waals surface area contributed by atoms with E-state index in [4.69, 9.17) is 16.3 Å². The molecule has 0 aliphatic rings. The van der Waals surface area contributed by atoms with Gasteiger partial charge in [0, 0.05) is 6.42 Å². The summed E-state index contributed by atoms with van der Waals surface area (Å²) >= 11 is 6.15. The van der Waals surface area contributed by atoms with Gasteiger partial charge in [0.2, 0.25) is 5.91 Å². The molecule has 0 fully saturated rings. The molecule has 1 atom stereocenters. The van der Waals surface area contributed by atoms with Crippen molar-refractivity contribution in [1.29, 1.82) is 0 Å². The molecule has 0 saturated carbocycles. The first-order chi connectivity index (χ1) is 12.5. The summed E-state index contributed by atoms with van der Waals surface area (Å²) in [5, 5.41) is 12.3. The summed E-state index contributed by atoms with van der Waals surface area (Å²) in [6.45, 7) is 3.89. The molecule has 1 amide bonds. The minimum atomic E-state index is -1.10. The summed E-state index contributed by atoms with van der Waals surface area (Å²) < 4.78 is 5.39. The number of aliphatic carboxylic acids is 1. The lowest BCUT2D eigenvalue weighted by Crippen LogP contribution is -2.43. The van der Waals surface area contributed by atoms with E-state index in [1.807, 2.05) is 30.3 Å². The molecule has 136 valence electrons. The maximum Gasteiger partial charge on any atom is 0.326 e. The van der Waals surface area contributed by atoms with Gasteiger partial charge in [-0.2, -0.15) is 0 Å². The number of ether oxygens (including phenoxy) is 1. The van der Waals surface area contributed by atoms with Crippen molar-refractivity contribution >= 4 is 23.5 Å². The Labute approximate surface area is 157 Å². The summed E-state index contributed by atoms with van der Waals surface area (Å²) in [5.41, 5.74) is 1.51. The monoisotopic (exact) mass is 373 g/mol. The van der Waals surface area contributed by atoms with Crippen molar-refractivity contribution in [2.75, 3.05) is 6.61 Å². The molecule has 0 aliphatic heterocycles. The Bertz CT molecular complexity index is 777. The second kappa shape index (κ2) is 9.63. The molecule has 0 heterocycles. The Kier molecular flexibility index (Phi) is 7.24. The van der Waals surface area contributed by atoms with Crippen LogP contribution in [-0.2, 0) is 22.4 Å². The molecule has 5 nitrogen and oxygen atoms in total. The zero-order chi connectivity index (χ0) is 18.9. The zero-order valence-corrected chi connectivity index (χ0v) is 14.9.